The average molecular weight is 279 g/mol. The Balaban J connectivity index is 2.44. The molecule has 0 unspecified atom stereocenters. The second kappa shape index (κ2) is 5.25. The van der Waals surface area contributed by atoms with Gasteiger partial charge in [-0.1, -0.05) is 5.16 Å². The monoisotopic (exact) mass is 279 g/mol. The molecule has 2 heterocycles. The van der Waals surface area contributed by atoms with Gasteiger partial charge in [0.25, 0.3) is 11.6 Å². The molecular weight excluding hydrogens is 266 g/mol. The molecule has 2 rings (SSSR count). The molecule has 0 aliphatic carbocycles. The summed E-state index contributed by atoms with van der Waals surface area (Å²) < 4.78 is 4.99. The minimum absolute atomic E-state index is 0.212. The molecule has 0 spiro atoms. The number of aliphatic hydroxyl groups excluding tert-OH is 1. The Hall–Kier alpha value is -2.48. The van der Waals surface area contributed by atoms with E-state index < -0.39 is 24.5 Å². The van der Waals surface area contributed by atoms with Gasteiger partial charge in [0.1, 0.15) is 0 Å². The highest BCUT2D eigenvalue weighted by molar-refractivity contribution is 6.07. The number of rotatable bonds is 4. The largest absolute Gasteiger partial charge is 0.480 e. The average Bonchev–Trinajstić information content (AvgIpc) is 2.75. The third-order valence-corrected chi connectivity index (χ3v) is 2.78. The van der Waals surface area contributed by atoms with Gasteiger partial charge in [0.15, 0.2) is 6.04 Å². The fourth-order valence-corrected chi connectivity index (χ4v) is 1.82. The number of aliphatic carboxylic acids is 1. The van der Waals surface area contributed by atoms with Gasteiger partial charge in [-0.15, -0.1) is 0 Å². The van der Waals surface area contributed by atoms with E-state index >= 15 is 0 Å². The molecule has 2 aromatic heterocycles. The Kier molecular flexibility index (Phi) is 3.66. The number of nitrogens with zero attached hydrogens (tertiary/aromatic N) is 2. The summed E-state index contributed by atoms with van der Waals surface area (Å²) in [7, 11) is 0. The summed E-state index contributed by atoms with van der Waals surface area (Å²) in [5.74, 6) is -1.95. The summed E-state index contributed by atoms with van der Waals surface area (Å²) in [6.45, 7) is 2.63. The van der Waals surface area contributed by atoms with Gasteiger partial charge in [-0.25, -0.2) is 9.78 Å². The molecule has 1 amide bonds. The van der Waals surface area contributed by atoms with Gasteiger partial charge in [-0.3, -0.25) is 4.79 Å². The number of pyridine rings is 1. The molecule has 0 aromatic carbocycles. The van der Waals surface area contributed by atoms with Crippen LogP contribution < -0.4 is 5.32 Å². The standard InChI is InChI=1S/C12H13N3O5/c1-5-3-7(9-6(2)15-20-11(9)13-5)10(17)14-8(4-16)12(18)19/h3,8,16H,4H2,1-2H3,(H,14,17)(H,18,19)/t8-/m1/s1. The summed E-state index contributed by atoms with van der Waals surface area (Å²) in [4.78, 5) is 27.1. The fourth-order valence-electron chi connectivity index (χ4n) is 1.82. The second-order valence-corrected chi connectivity index (χ2v) is 4.31. The quantitative estimate of drug-likeness (QED) is 0.720. The first-order chi connectivity index (χ1) is 9.43. The number of nitrogens with one attached hydrogen (secondary N) is 1. The fraction of sp³-hybridized carbons (Fsp3) is 0.333. The molecule has 0 saturated carbocycles. The topological polar surface area (TPSA) is 126 Å². The van der Waals surface area contributed by atoms with Crippen molar-refractivity contribution in [3.63, 3.8) is 0 Å². The van der Waals surface area contributed by atoms with Crippen molar-refractivity contribution in [2.45, 2.75) is 19.9 Å². The number of aryl methyl sites for hydroxylation is 2. The van der Waals surface area contributed by atoms with E-state index in [0.29, 0.717) is 16.8 Å². The van der Waals surface area contributed by atoms with Crippen molar-refractivity contribution < 1.29 is 24.3 Å². The van der Waals surface area contributed by atoms with Gasteiger partial charge in [0, 0.05) is 5.69 Å². The van der Waals surface area contributed by atoms with E-state index in [9.17, 15) is 9.59 Å². The molecule has 0 aliphatic heterocycles. The van der Waals surface area contributed by atoms with E-state index in [1.165, 1.54) is 6.07 Å². The molecule has 3 N–H and O–H groups in total. The van der Waals surface area contributed by atoms with Gasteiger partial charge >= 0.3 is 5.97 Å². The van der Waals surface area contributed by atoms with Gasteiger partial charge in [-0.2, -0.15) is 0 Å². The highest BCUT2D eigenvalue weighted by atomic mass is 16.5. The number of amides is 1. The molecule has 2 aromatic rings. The third-order valence-electron chi connectivity index (χ3n) is 2.78. The Bertz CT molecular complexity index is 679. The van der Waals surface area contributed by atoms with Crippen LogP contribution >= 0.6 is 0 Å². The minimum atomic E-state index is -1.37. The van der Waals surface area contributed by atoms with Crippen molar-refractivity contribution in [3.8, 4) is 0 Å². The van der Waals surface area contributed by atoms with E-state index in [0.717, 1.165) is 0 Å². The van der Waals surface area contributed by atoms with Gasteiger partial charge < -0.3 is 20.1 Å². The first kappa shape index (κ1) is 13.9. The zero-order valence-corrected chi connectivity index (χ0v) is 10.9. The van der Waals surface area contributed by atoms with Gasteiger partial charge in [0.05, 0.1) is 23.3 Å². The van der Waals surface area contributed by atoms with Crippen LogP contribution in [0, 0.1) is 13.8 Å². The Morgan fingerprint density at radius 3 is 2.75 bits per heavy atom. The van der Waals surface area contributed by atoms with Crippen molar-refractivity contribution in [2.24, 2.45) is 0 Å². The lowest BCUT2D eigenvalue weighted by Crippen LogP contribution is -2.43. The Labute approximate surface area is 113 Å². The normalized spacial score (nSPS) is 12.3. The van der Waals surface area contributed by atoms with Crippen LogP contribution in [0.2, 0.25) is 0 Å². The summed E-state index contributed by atoms with van der Waals surface area (Å²) in [5, 5.41) is 24.2. The number of fused-ring (bicyclic) bond motifs is 1. The zero-order chi connectivity index (χ0) is 14.9. The van der Waals surface area contributed by atoms with E-state index in [1.54, 1.807) is 13.8 Å². The number of hydrogen-bond acceptors (Lipinski definition) is 6. The number of carboxylic acids is 1. The smallest absolute Gasteiger partial charge is 0.328 e. The van der Waals surface area contributed by atoms with Crippen molar-refractivity contribution in [3.05, 3.63) is 23.0 Å². The number of aromatic nitrogens is 2. The Morgan fingerprint density at radius 1 is 1.45 bits per heavy atom. The maximum Gasteiger partial charge on any atom is 0.328 e. The van der Waals surface area contributed by atoms with Crippen LogP contribution in [0.25, 0.3) is 11.1 Å². The Morgan fingerprint density at radius 2 is 2.15 bits per heavy atom. The first-order valence-electron chi connectivity index (χ1n) is 5.82. The molecule has 8 nitrogen and oxygen atoms in total. The molecule has 0 radical (unpaired) electrons. The van der Waals surface area contributed by atoms with E-state index in [4.69, 9.17) is 14.7 Å². The van der Waals surface area contributed by atoms with Crippen molar-refractivity contribution >= 4 is 23.0 Å². The number of carboxylic acid groups (broad SMARTS) is 1. The van der Waals surface area contributed by atoms with Crippen LogP contribution in [0.4, 0.5) is 0 Å². The molecule has 0 aliphatic rings. The van der Waals surface area contributed by atoms with Crippen LogP contribution in [-0.4, -0.2) is 44.9 Å². The lowest BCUT2D eigenvalue weighted by atomic mass is 10.1. The van der Waals surface area contributed by atoms with E-state index in [1.807, 2.05) is 0 Å². The van der Waals surface area contributed by atoms with Crippen LogP contribution in [0.3, 0.4) is 0 Å². The van der Waals surface area contributed by atoms with Crippen LogP contribution in [0.15, 0.2) is 10.6 Å². The molecule has 1 atom stereocenters. The third kappa shape index (κ3) is 2.45. The molecule has 106 valence electrons. The molecular formula is C12H13N3O5. The summed E-state index contributed by atoms with van der Waals surface area (Å²) >= 11 is 0. The SMILES string of the molecule is Cc1cc(C(=O)N[C@H](CO)C(=O)O)c2c(C)noc2n1. The van der Waals surface area contributed by atoms with Crippen LogP contribution in [0.1, 0.15) is 21.7 Å². The highest BCUT2D eigenvalue weighted by Crippen LogP contribution is 2.21. The van der Waals surface area contributed by atoms with Crippen LogP contribution in [-0.2, 0) is 4.79 Å². The predicted octanol–water partition coefficient (Wildman–Crippen LogP) is 0.0149. The predicted molar refractivity (Wildman–Crippen MR) is 67.3 cm³/mol. The molecule has 20 heavy (non-hydrogen) atoms. The van der Waals surface area contributed by atoms with Crippen molar-refractivity contribution in [1.29, 1.82) is 0 Å². The first-order valence-corrected chi connectivity index (χ1v) is 5.82. The summed E-state index contributed by atoms with van der Waals surface area (Å²) in [6, 6.07) is 0.143. The maximum atomic E-state index is 12.2. The lowest BCUT2D eigenvalue weighted by Gasteiger charge is -2.12. The minimum Gasteiger partial charge on any atom is -0.480 e. The number of carbonyl (C=O) groups is 2. The van der Waals surface area contributed by atoms with Gasteiger partial charge in [-0.05, 0) is 19.9 Å². The number of carbonyl (C=O) groups excluding carboxylic acids is 1. The van der Waals surface area contributed by atoms with E-state index in [2.05, 4.69) is 15.5 Å². The molecule has 0 fully saturated rings. The zero-order valence-electron chi connectivity index (χ0n) is 10.9. The second-order valence-electron chi connectivity index (χ2n) is 4.31. The van der Waals surface area contributed by atoms with Crippen molar-refractivity contribution in [1.82, 2.24) is 15.5 Å². The lowest BCUT2D eigenvalue weighted by molar-refractivity contribution is -0.140. The maximum absolute atomic E-state index is 12.2. The number of aliphatic hydroxyl groups is 1. The van der Waals surface area contributed by atoms with E-state index in [-0.39, 0.29) is 11.3 Å². The van der Waals surface area contributed by atoms with Gasteiger partial charge in [0.2, 0.25) is 0 Å². The van der Waals surface area contributed by atoms with Crippen LogP contribution in [0.5, 0.6) is 0 Å². The van der Waals surface area contributed by atoms with Crippen molar-refractivity contribution in [2.75, 3.05) is 6.61 Å². The molecule has 0 bridgehead atoms. The summed E-state index contributed by atoms with van der Waals surface area (Å²) in [5.41, 5.74) is 1.44. The molecule has 0 saturated heterocycles. The number of hydrogen-bond donors (Lipinski definition) is 3. The highest BCUT2D eigenvalue weighted by Gasteiger charge is 2.23. The molecule has 8 heteroatoms. The summed E-state index contributed by atoms with van der Waals surface area (Å²) in [6.07, 6.45) is 0.